The Morgan fingerprint density at radius 2 is 1.95 bits per heavy atom. The fourth-order valence-corrected chi connectivity index (χ4v) is 2.15. The molecule has 0 spiro atoms. The van der Waals surface area contributed by atoms with Crippen LogP contribution in [-0.2, 0) is 13.1 Å². The minimum absolute atomic E-state index is 0.107. The van der Waals surface area contributed by atoms with E-state index in [4.69, 9.17) is 0 Å². The minimum Gasteiger partial charge on any atom is -0.329 e. The molecule has 2 rings (SSSR count). The molecule has 1 aromatic heterocycles. The number of aryl methyl sites for hydroxylation is 2. The number of benzene rings is 1. The first-order chi connectivity index (χ1) is 9.35. The zero-order chi connectivity index (χ0) is 14.8. The normalized spacial score (nSPS) is 11.8. The molecular weight excluding hydrogens is 246 g/mol. The third-order valence-electron chi connectivity index (χ3n) is 3.42. The van der Waals surface area contributed by atoms with Gasteiger partial charge in [-0.1, -0.05) is 23.8 Å². The summed E-state index contributed by atoms with van der Waals surface area (Å²) in [5.74, 6) is 1.08. The highest BCUT2D eigenvalue weighted by Crippen LogP contribution is 2.13. The van der Waals surface area contributed by atoms with Gasteiger partial charge in [-0.15, -0.1) is 0 Å². The monoisotopic (exact) mass is 271 g/mol. The van der Waals surface area contributed by atoms with Gasteiger partial charge in [0.2, 0.25) is 0 Å². The fraction of sp³-hybridized carbons (Fsp3) is 0.471. The van der Waals surface area contributed by atoms with E-state index in [1.165, 1.54) is 16.7 Å². The van der Waals surface area contributed by atoms with E-state index in [2.05, 4.69) is 73.9 Å². The van der Waals surface area contributed by atoms with E-state index < -0.39 is 0 Å². The summed E-state index contributed by atoms with van der Waals surface area (Å²) in [4.78, 5) is 4.47. The van der Waals surface area contributed by atoms with Crippen LogP contribution in [0.3, 0.4) is 0 Å². The van der Waals surface area contributed by atoms with Crippen molar-refractivity contribution in [3.63, 3.8) is 0 Å². The molecule has 3 heteroatoms. The second kappa shape index (κ2) is 5.80. The first-order valence-electron chi connectivity index (χ1n) is 7.16. The molecule has 20 heavy (non-hydrogen) atoms. The van der Waals surface area contributed by atoms with Crippen molar-refractivity contribution in [1.82, 2.24) is 14.9 Å². The highest BCUT2D eigenvalue weighted by Gasteiger charge is 2.11. The van der Waals surface area contributed by atoms with Gasteiger partial charge < -0.3 is 9.88 Å². The van der Waals surface area contributed by atoms with Crippen LogP contribution in [0, 0.1) is 13.8 Å². The van der Waals surface area contributed by atoms with E-state index in [0.29, 0.717) is 0 Å². The summed E-state index contributed by atoms with van der Waals surface area (Å²) in [6.45, 7) is 12.5. The topological polar surface area (TPSA) is 29.9 Å². The second-order valence-corrected chi connectivity index (χ2v) is 6.50. The van der Waals surface area contributed by atoms with Crippen LogP contribution in [0.15, 0.2) is 30.6 Å². The standard InChI is InChI=1S/C17H25N3/c1-13-6-7-14(2)15(10-13)12-20-9-8-18-16(20)11-19-17(3,4)5/h6-10,19H,11-12H2,1-5H3. The van der Waals surface area contributed by atoms with Gasteiger partial charge in [-0.05, 0) is 45.7 Å². The lowest BCUT2D eigenvalue weighted by Crippen LogP contribution is -2.36. The van der Waals surface area contributed by atoms with E-state index in [1.807, 2.05) is 6.20 Å². The molecule has 0 aliphatic rings. The summed E-state index contributed by atoms with van der Waals surface area (Å²) in [7, 11) is 0. The molecule has 0 saturated carbocycles. The Hall–Kier alpha value is -1.61. The molecule has 1 N–H and O–H groups in total. The Balaban J connectivity index is 2.14. The highest BCUT2D eigenvalue weighted by atomic mass is 15.1. The molecular formula is C17H25N3. The highest BCUT2D eigenvalue weighted by molar-refractivity contribution is 5.30. The predicted octanol–water partition coefficient (Wildman–Crippen LogP) is 3.44. The van der Waals surface area contributed by atoms with Crippen LogP contribution in [0.4, 0.5) is 0 Å². The molecule has 108 valence electrons. The Kier molecular flexibility index (Phi) is 4.29. The van der Waals surface area contributed by atoms with Gasteiger partial charge in [0, 0.05) is 24.5 Å². The first kappa shape index (κ1) is 14.8. The molecule has 3 nitrogen and oxygen atoms in total. The summed E-state index contributed by atoms with van der Waals surface area (Å²) in [6.07, 6.45) is 3.94. The summed E-state index contributed by atoms with van der Waals surface area (Å²) < 4.78 is 2.22. The molecule has 0 amide bonds. The number of hydrogen-bond donors (Lipinski definition) is 1. The molecule has 0 aliphatic heterocycles. The molecule has 0 bridgehead atoms. The number of nitrogens with one attached hydrogen (secondary N) is 1. The average Bonchev–Trinajstić information content (AvgIpc) is 2.78. The largest absolute Gasteiger partial charge is 0.329 e. The molecule has 2 aromatic rings. The van der Waals surface area contributed by atoms with Gasteiger partial charge >= 0.3 is 0 Å². The van der Waals surface area contributed by atoms with Crippen molar-refractivity contribution in [2.24, 2.45) is 0 Å². The van der Waals surface area contributed by atoms with Gasteiger partial charge in [-0.3, -0.25) is 0 Å². The maximum atomic E-state index is 4.47. The van der Waals surface area contributed by atoms with E-state index in [1.54, 1.807) is 0 Å². The van der Waals surface area contributed by atoms with Crippen LogP contribution in [0.25, 0.3) is 0 Å². The van der Waals surface area contributed by atoms with Crippen molar-refractivity contribution in [2.75, 3.05) is 0 Å². The third-order valence-corrected chi connectivity index (χ3v) is 3.42. The average molecular weight is 271 g/mol. The third kappa shape index (κ3) is 3.94. The van der Waals surface area contributed by atoms with Gasteiger partial charge in [0.25, 0.3) is 0 Å². The Bertz CT molecular complexity index is 576. The van der Waals surface area contributed by atoms with Crippen LogP contribution in [-0.4, -0.2) is 15.1 Å². The Morgan fingerprint density at radius 1 is 1.20 bits per heavy atom. The first-order valence-corrected chi connectivity index (χ1v) is 7.16. The number of aromatic nitrogens is 2. The second-order valence-electron chi connectivity index (χ2n) is 6.50. The van der Waals surface area contributed by atoms with Gasteiger partial charge in [0.15, 0.2) is 0 Å². The van der Waals surface area contributed by atoms with Crippen LogP contribution < -0.4 is 5.32 Å². The molecule has 0 radical (unpaired) electrons. The minimum atomic E-state index is 0.107. The van der Waals surface area contributed by atoms with E-state index in [-0.39, 0.29) is 5.54 Å². The fourth-order valence-electron chi connectivity index (χ4n) is 2.15. The van der Waals surface area contributed by atoms with Crippen molar-refractivity contribution in [3.8, 4) is 0 Å². The van der Waals surface area contributed by atoms with Crippen LogP contribution in [0.1, 0.15) is 43.3 Å². The summed E-state index contributed by atoms with van der Waals surface area (Å²) in [6, 6.07) is 6.61. The smallest absolute Gasteiger partial charge is 0.122 e. The van der Waals surface area contributed by atoms with Crippen LogP contribution in [0.5, 0.6) is 0 Å². The van der Waals surface area contributed by atoms with Crippen molar-refractivity contribution >= 4 is 0 Å². The maximum absolute atomic E-state index is 4.47. The molecule has 0 saturated heterocycles. The van der Waals surface area contributed by atoms with Crippen molar-refractivity contribution in [3.05, 3.63) is 53.1 Å². The van der Waals surface area contributed by atoms with Crippen molar-refractivity contribution in [1.29, 1.82) is 0 Å². The molecule has 1 aromatic carbocycles. The lowest BCUT2D eigenvalue weighted by molar-refractivity contribution is 0.413. The molecule has 1 heterocycles. The predicted molar refractivity (Wildman–Crippen MR) is 83.8 cm³/mol. The molecule has 0 unspecified atom stereocenters. The van der Waals surface area contributed by atoms with Gasteiger partial charge in [-0.2, -0.15) is 0 Å². The Morgan fingerprint density at radius 3 is 2.65 bits per heavy atom. The van der Waals surface area contributed by atoms with Gasteiger partial charge in [0.1, 0.15) is 5.82 Å². The maximum Gasteiger partial charge on any atom is 0.122 e. The number of rotatable bonds is 4. The summed E-state index contributed by atoms with van der Waals surface area (Å²) >= 11 is 0. The number of imidazole rings is 1. The Labute approximate surface area is 122 Å². The quantitative estimate of drug-likeness (QED) is 0.923. The summed E-state index contributed by atoms with van der Waals surface area (Å²) in [5.41, 5.74) is 4.11. The van der Waals surface area contributed by atoms with Gasteiger partial charge in [0.05, 0.1) is 6.54 Å². The lowest BCUT2D eigenvalue weighted by atomic mass is 10.1. The van der Waals surface area contributed by atoms with Gasteiger partial charge in [-0.25, -0.2) is 4.98 Å². The number of nitrogens with zero attached hydrogens (tertiary/aromatic N) is 2. The molecule has 0 atom stereocenters. The van der Waals surface area contributed by atoms with Crippen molar-refractivity contribution in [2.45, 2.75) is 53.2 Å². The zero-order valence-corrected chi connectivity index (χ0v) is 13.2. The molecule has 0 fully saturated rings. The number of hydrogen-bond acceptors (Lipinski definition) is 2. The summed E-state index contributed by atoms with van der Waals surface area (Å²) in [5, 5.41) is 3.49. The SMILES string of the molecule is Cc1ccc(C)c(Cn2ccnc2CNC(C)(C)C)c1. The van der Waals surface area contributed by atoms with Crippen LogP contribution in [0.2, 0.25) is 0 Å². The van der Waals surface area contributed by atoms with Crippen LogP contribution >= 0.6 is 0 Å². The zero-order valence-electron chi connectivity index (χ0n) is 13.2. The molecule has 0 aliphatic carbocycles. The lowest BCUT2D eigenvalue weighted by Gasteiger charge is -2.20. The van der Waals surface area contributed by atoms with E-state index >= 15 is 0 Å². The van der Waals surface area contributed by atoms with E-state index in [0.717, 1.165) is 18.9 Å². The van der Waals surface area contributed by atoms with E-state index in [9.17, 15) is 0 Å². The van der Waals surface area contributed by atoms with Crippen molar-refractivity contribution < 1.29 is 0 Å².